The molecule has 19 heavy (non-hydrogen) atoms. The first-order valence-corrected chi connectivity index (χ1v) is 6.64. The lowest BCUT2D eigenvalue weighted by Gasteiger charge is -2.42. The molecule has 1 amide bonds. The van der Waals surface area contributed by atoms with Gasteiger partial charge >= 0.3 is 5.97 Å². The van der Waals surface area contributed by atoms with Crippen molar-refractivity contribution in [1.29, 1.82) is 0 Å². The van der Waals surface area contributed by atoms with Gasteiger partial charge in [0.25, 0.3) is 0 Å². The number of carbonyl (C=O) groups is 2. The number of nitrogens with zero attached hydrogens (tertiary/aromatic N) is 1. The Morgan fingerprint density at radius 1 is 1.32 bits per heavy atom. The number of carboxylic acids is 1. The van der Waals surface area contributed by atoms with Crippen LogP contribution in [0.2, 0.25) is 0 Å². The van der Waals surface area contributed by atoms with Gasteiger partial charge < -0.3 is 25.4 Å². The number of carbonyl (C=O) groups excluding carboxylic acids is 1. The lowest BCUT2D eigenvalue weighted by atomic mass is 9.88. The van der Waals surface area contributed by atoms with Crippen molar-refractivity contribution in [2.24, 2.45) is 0 Å². The number of morpholine rings is 1. The average Bonchev–Trinajstić information content (AvgIpc) is 2.36. The molecule has 0 radical (unpaired) electrons. The molecule has 108 valence electrons. The van der Waals surface area contributed by atoms with E-state index < -0.39 is 5.97 Å². The summed E-state index contributed by atoms with van der Waals surface area (Å²) in [5.41, 5.74) is -0.378. The summed E-state index contributed by atoms with van der Waals surface area (Å²) >= 11 is 0. The molecule has 0 saturated carbocycles. The van der Waals surface area contributed by atoms with Crippen LogP contribution in [0.25, 0.3) is 0 Å². The summed E-state index contributed by atoms with van der Waals surface area (Å²) in [6.07, 6.45) is 0.493. The molecule has 2 heterocycles. The third kappa shape index (κ3) is 3.89. The molecule has 2 saturated heterocycles. The summed E-state index contributed by atoms with van der Waals surface area (Å²) in [6, 6.07) is 0. The van der Waals surface area contributed by atoms with Crippen molar-refractivity contribution < 1.29 is 19.4 Å². The fourth-order valence-electron chi connectivity index (χ4n) is 2.43. The Morgan fingerprint density at radius 3 is 2.53 bits per heavy atom. The Balaban J connectivity index is 1.70. The van der Waals surface area contributed by atoms with Gasteiger partial charge in [-0.25, -0.2) is 0 Å². The fourth-order valence-corrected chi connectivity index (χ4v) is 2.43. The van der Waals surface area contributed by atoms with E-state index in [1.165, 1.54) is 0 Å². The molecule has 2 fully saturated rings. The van der Waals surface area contributed by atoms with Crippen LogP contribution < -0.4 is 10.6 Å². The molecule has 0 atom stereocenters. The highest BCUT2D eigenvalue weighted by atomic mass is 16.5. The van der Waals surface area contributed by atoms with E-state index in [1.807, 2.05) is 0 Å². The number of hydrogen-bond acceptors (Lipinski definition) is 5. The van der Waals surface area contributed by atoms with Gasteiger partial charge in [-0.1, -0.05) is 0 Å². The van der Waals surface area contributed by atoms with Crippen LogP contribution in [0.3, 0.4) is 0 Å². The van der Waals surface area contributed by atoms with Crippen LogP contribution in [0.15, 0.2) is 0 Å². The van der Waals surface area contributed by atoms with E-state index in [2.05, 4.69) is 10.6 Å². The zero-order chi connectivity index (χ0) is 13.7. The van der Waals surface area contributed by atoms with Crippen LogP contribution in [0.5, 0.6) is 0 Å². The van der Waals surface area contributed by atoms with Crippen LogP contribution in [0.1, 0.15) is 12.8 Å². The van der Waals surface area contributed by atoms with Crippen molar-refractivity contribution in [3.05, 3.63) is 0 Å². The quantitative estimate of drug-likeness (QED) is 0.553. The zero-order valence-corrected chi connectivity index (χ0v) is 11.0. The maximum atomic E-state index is 11.9. The van der Waals surface area contributed by atoms with Gasteiger partial charge in [0.1, 0.15) is 0 Å². The molecule has 0 unspecified atom stereocenters. The van der Waals surface area contributed by atoms with Crippen LogP contribution in [0.4, 0.5) is 0 Å². The minimum atomic E-state index is -0.812. The maximum absolute atomic E-state index is 11.9. The second-order valence-corrected chi connectivity index (χ2v) is 5.12. The Hall–Kier alpha value is -1.18. The van der Waals surface area contributed by atoms with E-state index in [4.69, 9.17) is 9.84 Å². The van der Waals surface area contributed by atoms with Gasteiger partial charge in [-0.2, -0.15) is 0 Å². The van der Waals surface area contributed by atoms with Crippen LogP contribution in [0, 0.1) is 0 Å². The molecule has 7 nitrogen and oxygen atoms in total. The van der Waals surface area contributed by atoms with Gasteiger partial charge in [0.05, 0.1) is 25.2 Å². The minimum Gasteiger partial charge on any atom is -0.481 e. The van der Waals surface area contributed by atoms with Crippen molar-refractivity contribution in [1.82, 2.24) is 15.5 Å². The number of ether oxygens (including phenoxy) is 1. The first kappa shape index (κ1) is 14.2. The summed E-state index contributed by atoms with van der Waals surface area (Å²) in [5.74, 6) is -0.706. The summed E-state index contributed by atoms with van der Waals surface area (Å²) in [6.45, 7) is 4.32. The summed E-state index contributed by atoms with van der Waals surface area (Å²) in [7, 11) is 0. The van der Waals surface area contributed by atoms with Crippen molar-refractivity contribution in [2.45, 2.75) is 18.4 Å². The van der Waals surface area contributed by atoms with Gasteiger partial charge in [0.2, 0.25) is 5.91 Å². The SMILES string of the molecule is O=C(O)CC1(NCCC(=O)N2CCOCC2)CNC1. The molecule has 2 aliphatic rings. The largest absolute Gasteiger partial charge is 0.481 e. The molecule has 0 aromatic heterocycles. The molecule has 0 bridgehead atoms. The number of aliphatic carboxylic acids is 1. The summed E-state index contributed by atoms with van der Waals surface area (Å²) in [5, 5.41) is 15.2. The highest BCUT2D eigenvalue weighted by Gasteiger charge is 2.38. The first-order chi connectivity index (χ1) is 9.11. The number of nitrogens with one attached hydrogen (secondary N) is 2. The third-order valence-corrected chi connectivity index (χ3v) is 3.62. The van der Waals surface area contributed by atoms with Crippen LogP contribution >= 0.6 is 0 Å². The van der Waals surface area contributed by atoms with Gasteiger partial charge in [0.15, 0.2) is 0 Å². The predicted octanol–water partition coefficient (Wildman–Crippen LogP) is -1.36. The van der Waals surface area contributed by atoms with Gasteiger partial charge in [-0.05, 0) is 0 Å². The second-order valence-electron chi connectivity index (χ2n) is 5.12. The van der Waals surface area contributed by atoms with E-state index in [1.54, 1.807) is 4.90 Å². The monoisotopic (exact) mass is 271 g/mol. The van der Waals surface area contributed by atoms with Crippen molar-refractivity contribution in [3.63, 3.8) is 0 Å². The predicted molar refractivity (Wildman–Crippen MR) is 67.9 cm³/mol. The van der Waals surface area contributed by atoms with Gasteiger partial charge in [-0.15, -0.1) is 0 Å². The first-order valence-electron chi connectivity index (χ1n) is 6.64. The molecular weight excluding hydrogens is 250 g/mol. The zero-order valence-electron chi connectivity index (χ0n) is 11.0. The number of amides is 1. The standard InChI is InChI=1S/C12H21N3O4/c16-10(15-3-5-19-6-4-15)1-2-14-12(7-11(17)18)8-13-9-12/h13-14H,1-9H2,(H,17,18). The Kier molecular flexibility index (Phi) is 4.73. The minimum absolute atomic E-state index is 0.0890. The maximum Gasteiger partial charge on any atom is 0.305 e. The second kappa shape index (κ2) is 6.31. The van der Waals surface area contributed by atoms with Crippen molar-refractivity contribution >= 4 is 11.9 Å². The summed E-state index contributed by atoms with van der Waals surface area (Å²) < 4.78 is 5.20. The van der Waals surface area contributed by atoms with E-state index in [0.717, 1.165) is 0 Å². The summed E-state index contributed by atoms with van der Waals surface area (Å²) in [4.78, 5) is 24.5. The Labute approximate surface area is 112 Å². The molecule has 2 rings (SSSR count). The Morgan fingerprint density at radius 2 is 2.00 bits per heavy atom. The Bertz CT molecular complexity index is 338. The molecule has 7 heteroatoms. The van der Waals surface area contributed by atoms with Gasteiger partial charge in [-0.3, -0.25) is 9.59 Å². The molecule has 0 aromatic carbocycles. The third-order valence-electron chi connectivity index (χ3n) is 3.62. The van der Waals surface area contributed by atoms with E-state index >= 15 is 0 Å². The van der Waals surface area contributed by atoms with Crippen molar-refractivity contribution in [2.75, 3.05) is 45.9 Å². The molecule has 3 N–H and O–H groups in total. The smallest absolute Gasteiger partial charge is 0.305 e. The molecule has 2 aliphatic heterocycles. The lowest BCUT2D eigenvalue weighted by Crippen LogP contribution is -2.68. The van der Waals surface area contributed by atoms with E-state index in [-0.39, 0.29) is 17.9 Å². The average molecular weight is 271 g/mol. The van der Waals surface area contributed by atoms with Crippen molar-refractivity contribution in [3.8, 4) is 0 Å². The van der Waals surface area contributed by atoms with Crippen LogP contribution in [-0.4, -0.2) is 73.4 Å². The molecule has 0 spiro atoms. The van der Waals surface area contributed by atoms with Crippen LogP contribution in [-0.2, 0) is 14.3 Å². The van der Waals surface area contributed by atoms with E-state index in [9.17, 15) is 9.59 Å². The molecule has 0 aromatic rings. The number of rotatable bonds is 6. The number of carboxylic acid groups (broad SMARTS) is 1. The molecular formula is C12H21N3O4. The highest BCUT2D eigenvalue weighted by Crippen LogP contribution is 2.15. The number of hydrogen-bond donors (Lipinski definition) is 3. The fraction of sp³-hybridized carbons (Fsp3) is 0.833. The highest BCUT2D eigenvalue weighted by molar-refractivity contribution is 5.76. The van der Waals surface area contributed by atoms with E-state index in [0.29, 0.717) is 52.4 Å². The van der Waals surface area contributed by atoms with Gasteiger partial charge in [0, 0.05) is 39.1 Å². The lowest BCUT2D eigenvalue weighted by molar-refractivity contribution is -0.139. The molecule has 0 aliphatic carbocycles. The normalized spacial score (nSPS) is 21.8. The topological polar surface area (TPSA) is 90.9 Å².